The molecular formula is C16H23NO2. The summed E-state index contributed by atoms with van der Waals surface area (Å²) in [4.78, 5) is 0. The molecule has 0 amide bonds. The summed E-state index contributed by atoms with van der Waals surface area (Å²) in [5, 5.41) is 3.58. The maximum Gasteiger partial charge on any atom is 0.231 e. The van der Waals surface area contributed by atoms with Crippen LogP contribution in [0.2, 0.25) is 0 Å². The molecule has 1 heterocycles. The van der Waals surface area contributed by atoms with Crippen LogP contribution in [0.4, 0.5) is 0 Å². The van der Waals surface area contributed by atoms with E-state index in [1.165, 1.54) is 31.2 Å². The SMILES string of the molecule is CC1CCC(CNCc2ccc3c(c2)OCO3)CC1. The molecule has 1 aliphatic carbocycles. The lowest BCUT2D eigenvalue weighted by Gasteiger charge is -2.26. The summed E-state index contributed by atoms with van der Waals surface area (Å²) in [7, 11) is 0. The Bertz CT molecular complexity index is 425. The quantitative estimate of drug-likeness (QED) is 0.901. The van der Waals surface area contributed by atoms with E-state index < -0.39 is 0 Å². The van der Waals surface area contributed by atoms with Crippen molar-refractivity contribution >= 4 is 0 Å². The Morgan fingerprint density at radius 2 is 1.89 bits per heavy atom. The summed E-state index contributed by atoms with van der Waals surface area (Å²) in [5.41, 5.74) is 1.27. The molecular weight excluding hydrogens is 238 g/mol. The van der Waals surface area contributed by atoms with Crippen LogP contribution in [-0.2, 0) is 6.54 Å². The van der Waals surface area contributed by atoms with Gasteiger partial charge in [0.25, 0.3) is 0 Å². The minimum Gasteiger partial charge on any atom is -0.454 e. The molecule has 2 aliphatic rings. The van der Waals surface area contributed by atoms with Gasteiger partial charge in [0.1, 0.15) is 0 Å². The summed E-state index contributed by atoms with van der Waals surface area (Å²) in [6.45, 7) is 4.78. The zero-order valence-electron chi connectivity index (χ0n) is 11.7. The first-order valence-electron chi connectivity index (χ1n) is 7.40. The van der Waals surface area contributed by atoms with E-state index in [0.29, 0.717) is 6.79 Å². The lowest BCUT2D eigenvalue weighted by molar-refractivity contribution is 0.174. The van der Waals surface area contributed by atoms with Crippen LogP contribution in [0.25, 0.3) is 0 Å². The molecule has 3 rings (SSSR count). The first kappa shape index (κ1) is 12.8. The molecule has 0 atom stereocenters. The van der Waals surface area contributed by atoms with Crippen LogP contribution in [0, 0.1) is 11.8 Å². The molecule has 1 N–H and O–H groups in total. The van der Waals surface area contributed by atoms with E-state index in [4.69, 9.17) is 9.47 Å². The fraction of sp³-hybridized carbons (Fsp3) is 0.625. The van der Waals surface area contributed by atoms with Crippen LogP contribution in [0.15, 0.2) is 18.2 Å². The summed E-state index contributed by atoms with van der Waals surface area (Å²) >= 11 is 0. The minimum absolute atomic E-state index is 0.354. The second kappa shape index (κ2) is 5.83. The second-order valence-electron chi connectivity index (χ2n) is 5.94. The van der Waals surface area contributed by atoms with E-state index >= 15 is 0 Å². The summed E-state index contributed by atoms with van der Waals surface area (Å²) in [5.74, 6) is 3.55. The van der Waals surface area contributed by atoms with E-state index in [1.807, 2.05) is 6.07 Å². The molecule has 0 unspecified atom stereocenters. The van der Waals surface area contributed by atoms with Gasteiger partial charge in [-0.15, -0.1) is 0 Å². The van der Waals surface area contributed by atoms with E-state index in [2.05, 4.69) is 24.4 Å². The van der Waals surface area contributed by atoms with Gasteiger partial charge in [0, 0.05) is 6.54 Å². The summed E-state index contributed by atoms with van der Waals surface area (Å²) in [6, 6.07) is 6.20. The van der Waals surface area contributed by atoms with Gasteiger partial charge in [-0.2, -0.15) is 0 Å². The van der Waals surface area contributed by atoms with Gasteiger partial charge >= 0.3 is 0 Å². The molecule has 3 heteroatoms. The molecule has 1 aliphatic heterocycles. The maximum absolute atomic E-state index is 5.40. The molecule has 0 aromatic heterocycles. The van der Waals surface area contributed by atoms with Gasteiger partial charge in [-0.1, -0.05) is 25.8 Å². The third kappa shape index (κ3) is 3.21. The van der Waals surface area contributed by atoms with Gasteiger partial charge in [0.05, 0.1) is 0 Å². The Balaban J connectivity index is 1.45. The fourth-order valence-electron chi connectivity index (χ4n) is 3.00. The fourth-order valence-corrected chi connectivity index (χ4v) is 3.00. The van der Waals surface area contributed by atoms with E-state index in [-0.39, 0.29) is 0 Å². The average Bonchev–Trinajstić information content (AvgIpc) is 2.88. The smallest absolute Gasteiger partial charge is 0.231 e. The van der Waals surface area contributed by atoms with E-state index in [1.54, 1.807) is 0 Å². The normalized spacial score (nSPS) is 25.5. The molecule has 0 radical (unpaired) electrons. The molecule has 1 aromatic carbocycles. The highest BCUT2D eigenvalue weighted by Crippen LogP contribution is 2.32. The van der Waals surface area contributed by atoms with Gasteiger partial charge < -0.3 is 14.8 Å². The van der Waals surface area contributed by atoms with Crippen molar-refractivity contribution in [1.29, 1.82) is 0 Å². The highest BCUT2D eigenvalue weighted by Gasteiger charge is 2.18. The summed E-state index contributed by atoms with van der Waals surface area (Å²) < 4.78 is 10.7. The zero-order valence-corrected chi connectivity index (χ0v) is 11.7. The molecule has 1 aromatic rings. The lowest BCUT2D eigenvalue weighted by Crippen LogP contribution is -2.25. The molecule has 104 valence electrons. The van der Waals surface area contributed by atoms with Crippen molar-refractivity contribution in [2.45, 2.75) is 39.2 Å². The third-order valence-electron chi connectivity index (χ3n) is 4.33. The van der Waals surface area contributed by atoms with Gasteiger partial charge in [-0.05, 0) is 48.9 Å². The topological polar surface area (TPSA) is 30.5 Å². The molecule has 0 saturated heterocycles. The number of hydrogen-bond acceptors (Lipinski definition) is 3. The van der Waals surface area contributed by atoms with Crippen molar-refractivity contribution in [3.05, 3.63) is 23.8 Å². The highest BCUT2D eigenvalue weighted by molar-refractivity contribution is 5.44. The molecule has 19 heavy (non-hydrogen) atoms. The standard InChI is InChI=1S/C16H23NO2/c1-12-2-4-13(5-3-12)9-17-10-14-6-7-15-16(8-14)19-11-18-15/h6-8,12-13,17H,2-5,9-11H2,1H3. The first-order chi connectivity index (χ1) is 9.31. The zero-order chi connectivity index (χ0) is 13.1. The number of rotatable bonds is 4. The Morgan fingerprint density at radius 1 is 1.11 bits per heavy atom. The average molecular weight is 261 g/mol. The lowest BCUT2D eigenvalue weighted by atomic mass is 9.83. The molecule has 1 fully saturated rings. The monoisotopic (exact) mass is 261 g/mol. The van der Waals surface area contributed by atoms with Crippen molar-refractivity contribution < 1.29 is 9.47 Å². The third-order valence-corrected chi connectivity index (χ3v) is 4.33. The van der Waals surface area contributed by atoms with Crippen LogP contribution in [0.5, 0.6) is 11.5 Å². The molecule has 1 saturated carbocycles. The van der Waals surface area contributed by atoms with Crippen LogP contribution < -0.4 is 14.8 Å². The van der Waals surface area contributed by atoms with E-state index in [9.17, 15) is 0 Å². The Hall–Kier alpha value is -1.22. The predicted molar refractivity (Wildman–Crippen MR) is 75.4 cm³/mol. The number of hydrogen-bond donors (Lipinski definition) is 1. The van der Waals surface area contributed by atoms with Crippen molar-refractivity contribution in [3.63, 3.8) is 0 Å². The molecule has 0 spiro atoms. The van der Waals surface area contributed by atoms with E-state index in [0.717, 1.165) is 36.4 Å². The van der Waals surface area contributed by atoms with Crippen LogP contribution in [-0.4, -0.2) is 13.3 Å². The number of ether oxygens (including phenoxy) is 2. The second-order valence-corrected chi connectivity index (χ2v) is 5.94. The Morgan fingerprint density at radius 3 is 2.74 bits per heavy atom. The van der Waals surface area contributed by atoms with Gasteiger partial charge in [-0.25, -0.2) is 0 Å². The largest absolute Gasteiger partial charge is 0.454 e. The van der Waals surface area contributed by atoms with Crippen molar-refractivity contribution in [2.75, 3.05) is 13.3 Å². The number of fused-ring (bicyclic) bond motifs is 1. The van der Waals surface area contributed by atoms with Gasteiger partial charge in [0.2, 0.25) is 6.79 Å². The van der Waals surface area contributed by atoms with Crippen LogP contribution >= 0.6 is 0 Å². The van der Waals surface area contributed by atoms with Gasteiger partial charge in [-0.3, -0.25) is 0 Å². The summed E-state index contributed by atoms with van der Waals surface area (Å²) in [6.07, 6.45) is 5.57. The Kier molecular flexibility index (Phi) is 3.92. The molecule has 0 bridgehead atoms. The van der Waals surface area contributed by atoms with Crippen molar-refractivity contribution in [3.8, 4) is 11.5 Å². The Labute approximate surface area is 115 Å². The van der Waals surface area contributed by atoms with Crippen molar-refractivity contribution in [1.82, 2.24) is 5.32 Å². The van der Waals surface area contributed by atoms with Crippen molar-refractivity contribution in [2.24, 2.45) is 11.8 Å². The minimum atomic E-state index is 0.354. The molecule has 3 nitrogen and oxygen atoms in total. The predicted octanol–water partition coefficient (Wildman–Crippen LogP) is 3.33. The number of benzene rings is 1. The first-order valence-corrected chi connectivity index (χ1v) is 7.40. The van der Waals surface area contributed by atoms with Crippen LogP contribution in [0.1, 0.15) is 38.2 Å². The maximum atomic E-state index is 5.40. The highest BCUT2D eigenvalue weighted by atomic mass is 16.7. The van der Waals surface area contributed by atoms with Gasteiger partial charge in [0.15, 0.2) is 11.5 Å². The van der Waals surface area contributed by atoms with Crippen LogP contribution in [0.3, 0.4) is 0 Å². The number of nitrogens with one attached hydrogen (secondary N) is 1.